The third kappa shape index (κ3) is 4.67. The minimum atomic E-state index is -4.57. The van der Waals surface area contributed by atoms with Crippen LogP contribution in [-0.4, -0.2) is 28.1 Å². The van der Waals surface area contributed by atoms with Gasteiger partial charge < -0.3 is 0 Å². The van der Waals surface area contributed by atoms with Gasteiger partial charge >= 0.3 is 6.18 Å². The molecule has 25 heavy (non-hydrogen) atoms. The van der Waals surface area contributed by atoms with Crippen LogP contribution in [0.3, 0.4) is 0 Å². The number of anilines is 1. The summed E-state index contributed by atoms with van der Waals surface area (Å²) in [7, 11) is -8.12. The second kappa shape index (κ2) is 6.61. The molecule has 1 heterocycles. The van der Waals surface area contributed by atoms with Gasteiger partial charge in [-0.15, -0.1) is 4.83 Å². The van der Waals surface area contributed by atoms with Crippen LogP contribution < -0.4 is 10.3 Å². The van der Waals surface area contributed by atoms with Crippen molar-refractivity contribution in [3.05, 3.63) is 48.2 Å². The fraction of sp³-hybridized carbons (Fsp3) is 0.154. The molecule has 2 rings (SSSR count). The third-order valence-corrected chi connectivity index (χ3v) is 5.53. The number of nitrogens with one attached hydrogen (secondary N) is 2. The molecule has 0 fully saturated rings. The average Bonchev–Trinajstić information content (AvgIpc) is 2.52. The summed E-state index contributed by atoms with van der Waals surface area (Å²) >= 11 is 0. The maximum atomic E-state index is 12.4. The molecule has 0 atom stereocenters. The lowest BCUT2D eigenvalue weighted by Crippen LogP contribution is -2.31. The third-order valence-electron chi connectivity index (χ3n) is 2.94. The first-order chi connectivity index (χ1) is 11.4. The smallest absolute Gasteiger partial charge is 0.292 e. The van der Waals surface area contributed by atoms with Crippen LogP contribution in [0.4, 0.5) is 19.0 Å². The van der Waals surface area contributed by atoms with Crippen molar-refractivity contribution >= 4 is 25.7 Å². The van der Waals surface area contributed by atoms with Crippen molar-refractivity contribution in [1.82, 2.24) is 9.82 Å². The number of aromatic nitrogens is 1. The Labute approximate surface area is 141 Å². The lowest BCUT2D eigenvalue weighted by atomic mass is 10.3. The van der Waals surface area contributed by atoms with Gasteiger partial charge in [0.2, 0.25) is 0 Å². The molecule has 1 aromatic heterocycles. The minimum Gasteiger partial charge on any atom is -0.292 e. The maximum absolute atomic E-state index is 12.4. The summed E-state index contributed by atoms with van der Waals surface area (Å²) in [6, 6.07) is 6.54. The molecule has 12 heteroatoms. The average molecular weight is 395 g/mol. The van der Waals surface area contributed by atoms with Gasteiger partial charge in [-0.25, -0.2) is 21.8 Å². The predicted molar refractivity (Wildman–Crippen MR) is 82.7 cm³/mol. The largest absolute Gasteiger partial charge is 0.417 e. The molecule has 0 aliphatic heterocycles. The number of alkyl halides is 3. The molecule has 0 saturated carbocycles. The van der Waals surface area contributed by atoms with E-state index in [1.54, 1.807) is 0 Å². The fourth-order valence-corrected chi connectivity index (χ4v) is 4.27. The number of halogens is 3. The molecule has 136 valence electrons. The van der Waals surface area contributed by atoms with E-state index in [2.05, 4.69) is 10.4 Å². The zero-order valence-corrected chi connectivity index (χ0v) is 14.2. The Bertz CT molecular complexity index is 972. The molecule has 0 aliphatic rings. The van der Waals surface area contributed by atoms with Gasteiger partial charge in [-0.2, -0.15) is 13.2 Å². The van der Waals surface area contributed by atoms with Crippen molar-refractivity contribution in [2.24, 2.45) is 0 Å². The van der Waals surface area contributed by atoms with E-state index in [1.807, 2.05) is 4.83 Å². The number of hydrogen-bond donors (Lipinski definition) is 2. The summed E-state index contributed by atoms with van der Waals surface area (Å²) in [6.45, 7) is 0. The standard InChI is InChI=1S/C13H12F3N3O4S2/c1-24(20,21)10-4-2-3-5-11(10)25(22,23)19-18-12-7-6-9(8-17-12)13(14,15)16/h2-8,19H,1H3,(H,17,18). The van der Waals surface area contributed by atoms with Gasteiger partial charge in [0.05, 0.1) is 10.5 Å². The highest BCUT2D eigenvalue weighted by atomic mass is 32.2. The number of rotatable bonds is 5. The van der Waals surface area contributed by atoms with E-state index in [0.717, 1.165) is 24.5 Å². The SMILES string of the molecule is CS(=O)(=O)c1ccccc1S(=O)(=O)NNc1ccc(C(F)(F)F)cn1. The van der Waals surface area contributed by atoms with Gasteiger partial charge in [0.25, 0.3) is 10.0 Å². The Morgan fingerprint density at radius 2 is 1.56 bits per heavy atom. The van der Waals surface area contributed by atoms with Crippen LogP contribution >= 0.6 is 0 Å². The Morgan fingerprint density at radius 1 is 0.960 bits per heavy atom. The molecule has 0 aliphatic carbocycles. The molecule has 0 radical (unpaired) electrons. The Morgan fingerprint density at radius 3 is 2.04 bits per heavy atom. The van der Waals surface area contributed by atoms with E-state index in [1.165, 1.54) is 12.1 Å². The number of sulfonamides is 1. The molecule has 0 amide bonds. The van der Waals surface area contributed by atoms with Crippen LogP contribution in [0.15, 0.2) is 52.4 Å². The first-order valence-electron chi connectivity index (χ1n) is 6.51. The van der Waals surface area contributed by atoms with Crippen molar-refractivity contribution in [2.75, 3.05) is 11.7 Å². The van der Waals surface area contributed by atoms with E-state index in [-0.39, 0.29) is 5.82 Å². The van der Waals surface area contributed by atoms with Gasteiger partial charge in [0.1, 0.15) is 10.7 Å². The van der Waals surface area contributed by atoms with Crippen LogP contribution in [0.25, 0.3) is 0 Å². The normalized spacial score (nSPS) is 12.8. The van der Waals surface area contributed by atoms with Crippen LogP contribution in [0, 0.1) is 0 Å². The van der Waals surface area contributed by atoms with Gasteiger partial charge in [-0.1, -0.05) is 12.1 Å². The highest BCUT2D eigenvalue weighted by Gasteiger charge is 2.30. The van der Waals surface area contributed by atoms with E-state index >= 15 is 0 Å². The Hall–Kier alpha value is -2.18. The lowest BCUT2D eigenvalue weighted by Gasteiger charge is -2.12. The van der Waals surface area contributed by atoms with Crippen molar-refractivity contribution < 1.29 is 30.0 Å². The van der Waals surface area contributed by atoms with Crippen molar-refractivity contribution in [3.63, 3.8) is 0 Å². The summed E-state index contributed by atoms with van der Waals surface area (Å²) in [5.74, 6) is -0.201. The maximum Gasteiger partial charge on any atom is 0.417 e. The zero-order chi connectivity index (χ0) is 18.9. The minimum absolute atomic E-state index is 0.201. The first kappa shape index (κ1) is 19.1. The molecule has 0 spiro atoms. The van der Waals surface area contributed by atoms with E-state index in [0.29, 0.717) is 12.3 Å². The first-order valence-corrected chi connectivity index (χ1v) is 9.89. The highest BCUT2D eigenvalue weighted by Crippen LogP contribution is 2.28. The Balaban J connectivity index is 2.24. The molecule has 0 saturated heterocycles. The van der Waals surface area contributed by atoms with Crippen molar-refractivity contribution in [2.45, 2.75) is 16.0 Å². The number of nitrogens with zero attached hydrogens (tertiary/aromatic N) is 1. The van der Waals surface area contributed by atoms with Crippen molar-refractivity contribution in [3.8, 4) is 0 Å². The van der Waals surface area contributed by atoms with Gasteiger partial charge in [-0.3, -0.25) is 5.43 Å². The van der Waals surface area contributed by atoms with Crippen LogP contribution in [-0.2, 0) is 26.0 Å². The monoisotopic (exact) mass is 395 g/mol. The molecule has 0 unspecified atom stereocenters. The van der Waals surface area contributed by atoms with E-state index in [9.17, 15) is 30.0 Å². The molecule has 7 nitrogen and oxygen atoms in total. The summed E-state index contributed by atoms with van der Waals surface area (Å²) in [5, 5.41) is 0. The number of sulfone groups is 1. The second-order valence-electron chi connectivity index (χ2n) is 4.88. The molecule has 2 N–H and O–H groups in total. The highest BCUT2D eigenvalue weighted by molar-refractivity contribution is 7.93. The predicted octanol–water partition coefficient (Wildman–Crippen LogP) is 1.81. The molecule has 1 aromatic carbocycles. The second-order valence-corrected chi connectivity index (χ2v) is 8.51. The van der Waals surface area contributed by atoms with E-state index in [4.69, 9.17) is 0 Å². The van der Waals surface area contributed by atoms with Gasteiger partial charge in [0.15, 0.2) is 9.84 Å². The lowest BCUT2D eigenvalue weighted by molar-refractivity contribution is -0.137. The molecular weight excluding hydrogens is 383 g/mol. The zero-order valence-electron chi connectivity index (χ0n) is 12.6. The molecule has 2 aromatic rings. The van der Waals surface area contributed by atoms with Crippen LogP contribution in [0.2, 0.25) is 0 Å². The fourth-order valence-electron chi connectivity index (χ4n) is 1.79. The quantitative estimate of drug-likeness (QED) is 0.748. The Kier molecular flexibility index (Phi) is 5.06. The van der Waals surface area contributed by atoms with Gasteiger partial charge in [0, 0.05) is 12.5 Å². The van der Waals surface area contributed by atoms with Gasteiger partial charge in [-0.05, 0) is 24.3 Å². The summed E-state index contributed by atoms with van der Waals surface area (Å²) in [4.78, 5) is 4.40. The summed E-state index contributed by atoms with van der Waals surface area (Å²) in [6.07, 6.45) is -3.19. The topological polar surface area (TPSA) is 105 Å². The summed E-state index contributed by atoms with van der Waals surface area (Å²) in [5.41, 5.74) is 1.13. The number of pyridine rings is 1. The van der Waals surface area contributed by atoms with E-state index < -0.39 is 41.4 Å². The molecular formula is C13H12F3N3O4S2. The van der Waals surface area contributed by atoms with Crippen LogP contribution in [0.5, 0.6) is 0 Å². The summed E-state index contributed by atoms with van der Waals surface area (Å²) < 4.78 is 85.2. The van der Waals surface area contributed by atoms with Crippen molar-refractivity contribution in [1.29, 1.82) is 0 Å². The number of hydrazine groups is 1. The van der Waals surface area contributed by atoms with Crippen LogP contribution in [0.1, 0.15) is 5.56 Å². The number of hydrogen-bond acceptors (Lipinski definition) is 6. The number of benzene rings is 1. The molecule has 0 bridgehead atoms.